The molecule has 0 atom stereocenters. The molecule has 0 spiro atoms. The average molecular weight is 415 g/mol. The third kappa shape index (κ3) is 1.62. The number of aromatic nitrogens is 4. The lowest BCUT2D eigenvalue weighted by Gasteiger charge is -1.99. The van der Waals surface area contributed by atoms with E-state index in [0.717, 1.165) is 13.2 Å². The molecule has 0 fully saturated rings. The number of anilines is 1. The smallest absolute Gasteiger partial charge is 0.184 e. The van der Waals surface area contributed by atoms with Gasteiger partial charge in [0.15, 0.2) is 5.82 Å². The van der Waals surface area contributed by atoms with Crippen LogP contribution < -0.4 is 5.73 Å². The summed E-state index contributed by atoms with van der Waals surface area (Å²) in [5, 5.41) is 4.26. The molecule has 2 rings (SSSR count). The van der Waals surface area contributed by atoms with Crippen LogP contribution >= 0.6 is 45.2 Å². The maximum Gasteiger partial charge on any atom is 0.184 e. The zero-order valence-corrected chi connectivity index (χ0v) is 11.6. The highest BCUT2D eigenvalue weighted by molar-refractivity contribution is 14.1. The summed E-state index contributed by atoms with van der Waals surface area (Å²) in [6, 6.07) is 0. The summed E-state index contributed by atoms with van der Waals surface area (Å²) >= 11 is 4.39. The van der Waals surface area contributed by atoms with E-state index in [2.05, 4.69) is 55.3 Å². The molecule has 7 heteroatoms. The lowest BCUT2D eigenvalue weighted by atomic mass is 10.5. The van der Waals surface area contributed by atoms with E-state index in [4.69, 9.17) is 5.73 Å². The standard InChI is InChI=1S/C7H7I2N5/c1-13-2-4(10)7(12-13)14-3-11-5(8)6(14)9/h2-3H,10H2,1H3. The number of halogens is 2. The van der Waals surface area contributed by atoms with E-state index < -0.39 is 0 Å². The van der Waals surface area contributed by atoms with E-state index in [-0.39, 0.29) is 0 Å². The third-order valence-electron chi connectivity index (χ3n) is 1.73. The first-order valence-electron chi connectivity index (χ1n) is 3.77. The zero-order chi connectivity index (χ0) is 10.3. The van der Waals surface area contributed by atoms with Crippen molar-refractivity contribution in [1.29, 1.82) is 0 Å². The number of nitrogens with zero attached hydrogens (tertiary/aromatic N) is 4. The van der Waals surface area contributed by atoms with E-state index in [1.807, 2.05) is 11.6 Å². The van der Waals surface area contributed by atoms with E-state index >= 15 is 0 Å². The van der Waals surface area contributed by atoms with Crippen LogP contribution in [0.5, 0.6) is 0 Å². The molecule has 74 valence electrons. The highest BCUT2D eigenvalue weighted by Crippen LogP contribution is 2.20. The second kappa shape index (κ2) is 3.68. The molecule has 14 heavy (non-hydrogen) atoms. The minimum Gasteiger partial charge on any atom is -0.394 e. The minimum atomic E-state index is 0.652. The van der Waals surface area contributed by atoms with Crippen LogP contribution in [0.4, 0.5) is 5.69 Å². The van der Waals surface area contributed by atoms with E-state index in [0.29, 0.717) is 5.69 Å². The van der Waals surface area contributed by atoms with Gasteiger partial charge in [0.25, 0.3) is 0 Å². The highest BCUT2D eigenvalue weighted by Gasteiger charge is 2.12. The van der Waals surface area contributed by atoms with E-state index in [1.165, 1.54) is 0 Å². The fraction of sp³-hybridized carbons (Fsp3) is 0.143. The Bertz CT molecular complexity index is 472. The summed E-state index contributed by atoms with van der Waals surface area (Å²) in [6.07, 6.45) is 3.50. The SMILES string of the molecule is Cn1cc(N)c(-n2cnc(I)c2I)n1. The third-order valence-corrected chi connectivity index (χ3v) is 4.59. The number of nitrogens with two attached hydrogens (primary N) is 1. The van der Waals surface area contributed by atoms with Gasteiger partial charge in [-0.15, -0.1) is 0 Å². The van der Waals surface area contributed by atoms with Crippen LogP contribution in [0.25, 0.3) is 5.82 Å². The minimum absolute atomic E-state index is 0.652. The van der Waals surface area contributed by atoms with Gasteiger partial charge in [-0.25, -0.2) is 4.98 Å². The summed E-state index contributed by atoms with van der Waals surface area (Å²) in [5.74, 6) is 0.729. The molecule has 2 heterocycles. The Labute approximate surface area is 108 Å². The molecule has 0 amide bonds. The quantitative estimate of drug-likeness (QED) is 0.717. The van der Waals surface area contributed by atoms with Gasteiger partial charge >= 0.3 is 0 Å². The topological polar surface area (TPSA) is 61.7 Å². The van der Waals surface area contributed by atoms with Crippen LogP contribution in [-0.2, 0) is 7.05 Å². The first kappa shape index (κ1) is 10.2. The summed E-state index contributed by atoms with van der Waals surface area (Å²) in [4.78, 5) is 4.18. The summed E-state index contributed by atoms with van der Waals surface area (Å²) in [5.41, 5.74) is 6.47. The van der Waals surface area contributed by atoms with Crippen molar-refractivity contribution in [3.05, 3.63) is 19.9 Å². The summed E-state index contributed by atoms with van der Waals surface area (Å²) in [6.45, 7) is 0. The lowest BCUT2D eigenvalue weighted by molar-refractivity contribution is 0.748. The molecule has 0 radical (unpaired) electrons. The fourth-order valence-corrected chi connectivity index (χ4v) is 2.02. The Balaban J connectivity index is 2.59. The molecule has 0 aliphatic carbocycles. The number of aryl methyl sites for hydroxylation is 1. The monoisotopic (exact) mass is 415 g/mol. The van der Waals surface area contributed by atoms with Gasteiger partial charge in [-0.2, -0.15) is 5.10 Å². The molecule has 0 aliphatic rings. The van der Waals surface area contributed by atoms with Crippen LogP contribution in [0, 0.1) is 7.40 Å². The second-order valence-corrected chi connectivity index (χ2v) is 4.82. The van der Waals surface area contributed by atoms with Gasteiger partial charge in [-0.3, -0.25) is 9.25 Å². The van der Waals surface area contributed by atoms with Crippen LogP contribution in [0.15, 0.2) is 12.5 Å². The first-order valence-corrected chi connectivity index (χ1v) is 5.93. The van der Waals surface area contributed by atoms with Crippen molar-refractivity contribution in [3.63, 3.8) is 0 Å². The van der Waals surface area contributed by atoms with Crippen molar-refractivity contribution >= 4 is 50.9 Å². The van der Waals surface area contributed by atoms with Gasteiger partial charge in [-0.1, -0.05) is 0 Å². The first-order chi connectivity index (χ1) is 6.59. The molecule has 0 unspecified atom stereocenters. The molecule has 2 aromatic heterocycles. The van der Waals surface area contributed by atoms with Crippen molar-refractivity contribution < 1.29 is 0 Å². The maximum atomic E-state index is 5.81. The van der Waals surface area contributed by atoms with E-state index in [1.54, 1.807) is 17.2 Å². The van der Waals surface area contributed by atoms with Crippen molar-refractivity contribution in [2.24, 2.45) is 7.05 Å². The number of rotatable bonds is 1. The maximum absolute atomic E-state index is 5.81. The molecular weight excluding hydrogens is 408 g/mol. The van der Waals surface area contributed by atoms with Gasteiger partial charge in [0.05, 0.1) is 5.69 Å². The Kier molecular flexibility index (Phi) is 2.68. The summed E-state index contributed by atoms with van der Waals surface area (Å²) < 4.78 is 5.53. The van der Waals surface area contributed by atoms with Gasteiger partial charge in [0, 0.05) is 13.2 Å². The van der Waals surface area contributed by atoms with E-state index in [9.17, 15) is 0 Å². The molecule has 5 nitrogen and oxygen atoms in total. The Morgan fingerprint density at radius 1 is 1.43 bits per heavy atom. The Hall–Kier alpha value is -0.320. The average Bonchev–Trinajstić information content (AvgIpc) is 2.59. The molecule has 0 aliphatic heterocycles. The Morgan fingerprint density at radius 2 is 2.14 bits per heavy atom. The van der Waals surface area contributed by atoms with Crippen molar-refractivity contribution in [2.45, 2.75) is 0 Å². The zero-order valence-electron chi connectivity index (χ0n) is 7.28. The number of nitrogen functional groups attached to an aromatic ring is 1. The van der Waals surface area contributed by atoms with Crippen LogP contribution in [0.1, 0.15) is 0 Å². The van der Waals surface area contributed by atoms with Crippen LogP contribution in [0.2, 0.25) is 0 Å². The van der Waals surface area contributed by atoms with Gasteiger partial charge in [0.1, 0.15) is 13.7 Å². The molecule has 2 aromatic rings. The molecule has 2 N–H and O–H groups in total. The predicted molar refractivity (Wildman–Crippen MR) is 70.2 cm³/mol. The Morgan fingerprint density at radius 3 is 2.57 bits per heavy atom. The molecule has 0 aromatic carbocycles. The van der Waals surface area contributed by atoms with Crippen LogP contribution in [-0.4, -0.2) is 19.3 Å². The van der Waals surface area contributed by atoms with Gasteiger partial charge in [-0.05, 0) is 45.2 Å². The van der Waals surface area contributed by atoms with Gasteiger partial charge < -0.3 is 5.73 Å². The lowest BCUT2D eigenvalue weighted by Crippen LogP contribution is -2.00. The van der Waals surface area contributed by atoms with Crippen molar-refractivity contribution in [2.75, 3.05) is 5.73 Å². The number of imidazole rings is 1. The number of hydrogen-bond acceptors (Lipinski definition) is 3. The largest absolute Gasteiger partial charge is 0.394 e. The second-order valence-electron chi connectivity index (χ2n) is 2.78. The fourth-order valence-electron chi connectivity index (χ4n) is 1.14. The summed E-state index contributed by atoms with van der Waals surface area (Å²) in [7, 11) is 1.84. The highest BCUT2D eigenvalue weighted by atomic mass is 127. The molecule has 0 bridgehead atoms. The predicted octanol–water partition coefficient (Wildman–Crippen LogP) is 1.40. The number of hydrogen-bond donors (Lipinski definition) is 1. The molecule has 0 saturated heterocycles. The molecular formula is C7H7I2N5. The van der Waals surface area contributed by atoms with Gasteiger partial charge in [0.2, 0.25) is 0 Å². The molecule has 0 saturated carbocycles. The van der Waals surface area contributed by atoms with Crippen molar-refractivity contribution in [1.82, 2.24) is 19.3 Å². The van der Waals surface area contributed by atoms with Crippen molar-refractivity contribution in [3.8, 4) is 5.82 Å². The van der Waals surface area contributed by atoms with Crippen LogP contribution in [0.3, 0.4) is 0 Å². The normalized spacial score (nSPS) is 10.8.